The predicted molar refractivity (Wildman–Crippen MR) is 88.9 cm³/mol. The number of nitrogens with zero attached hydrogens (tertiary/aromatic N) is 1. The van der Waals surface area contributed by atoms with Crippen molar-refractivity contribution in [3.63, 3.8) is 0 Å². The van der Waals surface area contributed by atoms with E-state index in [1.54, 1.807) is 11.3 Å². The van der Waals surface area contributed by atoms with Crippen molar-refractivity contribution in [2.75, 3.05) is 10.6 Å². The van der Waals surface area contributed by atoms with E-state index in [1.165, 1.54) is 6.92 Å². The summed E-state index contributed by atoms with van der Waals surface area (Å²) >= 11 is 1.70. The van der Waals surface area contributed by atoms with E-state index in [1.807, 2.05) is 24.3 Å². The van der Waals surface area contributed by atoms with Crippen molar-refractivity contribution in [1.29, 1.82) is 0 Å². The lowest BCUT2D eigenvalue weighted by atomic mass is 9.98. The quantitative estimate of drug-likeness (QED) is 0.897. The van der Waals surface area contributed by atoms with Crippen LogP contribution in [-0.2, 0) is 16.8 Å². The van der Waals surface area contributed by atoms with Crippen LogP contribution in [0.4, 0.5) is 11.4 Å². The molecule has 0 fully saturated rings. The maximum atomic E-state index is 11.1. The highest BCUT2D eigenvalue weighted by atomic mass is 32.1. The van der Waals surface area contributed by atoms with Crippen molar-refractivity contribution in [1.82, 2.24) is 4.98 Å². The number of carbonyl (C=O) groups excluding carboxylic acids is 1. The molecule has 2 aromatic rings. The molecule has 21 heavy (non-hydrogen) atoms. The van der Waals surface area contributed by atoms with Crippen LogP contribution in [0.15, 0.2) is 29.6 Å². The van der Waals surface area contributed by atoms with Gasteiger partial charge in [-0.1, -0.05) is 26.8 Å². The lowest BCUT2D eigenvalue weighted by Gasteiger charge is -2.13. The molecular weight excluding hydrogens is 282 g/mol. The summed E-state index contributed by atoms with van der Waals surface area (Å²) in [6.45, 7) is 8.68. The van der Waals surface area contributed by atoms with Crippen LogP contribution in [0, 0.1) is 0 Å². The van der Waals surface area contributed by atoms with E-state index >= 15 is 0 Å². The van der Waals surface area contributed by atoms with Crippen molar-refractivity contribution in [2.24, 2.45) is 0 Å². The van der Waals surface area contributed by atoms with Crippen LogP contribution in [0.5, 0.6) is 0 Å². The molecule has 0 radical (unpaired) electrons. The third-order valence-corrected chi connectivity index (χ3v) is 4.17. The van der Waals surface area contributed by atoms with Gasteiger partial charge in [-0.05, 0) is 18.2 Å². The fourth-order valence-corrected chi connectivity index (χ4v) is 2.74. The van der Waals surface area contributed by atoms with Crippen LogP contribution in [0.3, 0.4) is 0 Å². The first-order valence-electron chi connectivity index (χ1n) is 6.91. The molecule has 0 bridgehead atoms. The van der Waals surface area contributed by atoms with Crippen LogP contribution in [-0.4, -0.2) is 10.9 Å². The molecule has 0 spiro atoms. The highest BCUT2D eigenvalue weighted by molar-refractivity contribution is 7.09. The summed E-state index contributed by atoms with van der Waals surface area (Å²) in [4.78, 5) is 15.7. The highest BCUT2D eigenvalue weighted by Crippen LogP contribution is 2.26. The lowest BCUT2D eigenvalue weighted by Crippen LogP contribution is -2.11. The Balaban J connectivity index is 2.00. The summed E-state index contributed by atoms with van der Waals surface area (Å²) in [5.41, 5.74) is 2.89. The molecule has 5 heteroatoms. The molecule has 112 valence electrons. The van der Waals surface area contributed by atoms with Crippen LogP contribution in [0.1, 0.15) is 38.4 Å². The van der Waals surface area contributed by atoms with Crippen molar-refractivity contribution in [2.45, 2.75) is 39.7 Å². The van der Waals surface area contributed by atoms with Gasteiger partial charge < -0.3 is 10.6 Å². The number of anilines is 2. The minimum Gasteiger partial charge on any atom is -0.379 e. The predicted octanol–water partition coefficient (Wildman–Crippen LogP) is 4.01. The van der Waals surface area contributed by atoms with Crippen LogP contribution in [0.2, 0.25) is 0 Å². The molecule has 1 aromatic heterocycles. The van der Waals surface area contributed by atoms with E-state index in [2.05, 4.69) is 41.8 Å². The van der Waals surface area contributed by atoms with E-state index < -0.39 is 0 Å². The monoisotopic (exact) mass is 303 g/mol. The Bertz CT molecular complexity index is 628. The summed E-state index contributed by atoms with van der Waals surface area (Å²) in [6.07, 6.45) is 0. The molecule has 0 aliphatic heterocycles. The Labute approximate surface area is 129 Å². The van der Waals surface area contributed by atoms with Crippen molar-refractivity contribution < 1.29 is 4.79 Å². The summed E-state index contributed by atoms with van der Waals surface area (Å²) < 4.78 is 0. The molecule has 4 nitrogen and oxygen atoms in total. The summed E-state index contributed by atoms with van der Waals surface area (Å²) in [5, 5.41) is 9.34. The maximum absolute atomic E-state index is 11.1. The normalized spacial score (nSPS) is 11.2. The van der Waals surface area contributed by atoms with Gasteiger partial charge in [0.25, 0.3) is 0 Å². The molecule has 1 aromatic carbocycles. The lowest BCUT2D eigenvalue weighted by molar-refractivity contribution is -0.114. The van der Waals surface area contributed by atoms with Gasteiger partial charge in [0.2, 0.25) is 5.91 Å². The zero-order valence-corrected chi connectivity index (χ0v) is 13.7. The summed E-state index contributed by atoms with van der Waals surface area (Å²) in [5.74, 6) is -0.0681. The molecular formula is C16H21N3OS. The van der Waals surface area contributed by atoms with Crippen LogP contribution < -0.4 is 10.6 Å². The molecule has 0 saturated carbocycles. The van der Waals surface area contributed by atoms with E-state index in [9.17, 15) is 4.79 Å². The minimum absolute atomic E-state index is 0.0681. The number of hydrogen-bond donors (Lipinski definition) is 2. The first kappa shape index (κ1) is 15.5. The van der Waals surface area contributed by atoms with Crippen molar-refractivity contribution in [3.05, 3.63) is 40.3 Å². The molecule has 2 rings (SSSR count). The SMILES string of the molecule is CC(=O)Nc1cccc(NCc2csc(C(C)(C)C)n2)c1. The van der Waals surface area contributed by atoms with Crippen molar-refractivity contribution in [3.8, 4) is 0 Å². The fourth-order valence-electron chi connectivity index (χ4n) is 1.84. The van der Waals surface area contributed by atoms with Gasteiger partial charge in [0.15, 0.2) is 0 Å². The minimum atomic E-state index is -0.0681. The van der Waals surface area contributed by atoms with E-state index in [0.29, 0.717) is 6.54 Å². The number of rotatable bonds is 4. The number of amides is 1. The van der Waals surface area contributed by atoms with Crippen LogP contribution >= 0.6 is 11.3 Å². The molecule has 2 N–H and O–H groups in total. The molecule has 0 unspecified atom stereocenters. The topological polar surface area (TPSA) is 54.0 Å². The Morgan fingerprint density at radius 3 is 2.62 bits per heavy atom. The molecule has 0 aliphatic rings. The third-order valence-electron chi connectivity index (χ3n) is 2.85. The Morgan fingerprint density at radius 2 is 2.00 bits per heavy atom. The van der Waals surface area contributed by atoms with Gasteiger partial charge in [-0.15, -0.1) is 11.3 Å². The largest absolute Gasteiger partial charge is 0.379 e. The van der Waals surface area contributed by atoms with Gasteiger partial charge in [-0.25, -0.2) is 4.98 Å². The summed E-state index contributed by atoms with van der Waals surface area (Å²) in [6, 6.07) is 7.67. The fraction of sp³-hybridized carbons (Fsp3) is 0.375. The van der Waals surface area contributed by atoms with Gasteiger partial charge in [-0.3, -0.25) is 4.79 Å². The van der Waals surface area contributed by atoms with Crippen LogP contribution in [0.25, 0.3) is 0 Å². The number of nitrogens with one attached hydrogen (secondary N) is 2. The first-order chi connectivity index (χ1) is 9.84. The molecule has 0 aliphatic carbocycles. The second-order valence-corrected chi connectivity index (χ2v) is 6.87. The second kappa shape index (κ2) is 6.26. The van der Waals surface area contributed by atoms with E-state index in [0.717, 1.165) is 22.1 Å². The first-order valence-corrected chi connectivity index (χ1v) is 7.79. The third kappa shape index (κ3) is 4.56. The number of aromatic nitrogens is 1. The molecule has 1 amide bonds. The number of hydrogen-bond acceptors (Lipinski definition) is 4. The molecule has 0 atom stereocenters. The zero-order chi connectivity index (χ0) is 15.5. The van der Waals surface area contributed by atoms with E-state index in [4.69, 9.17) is 0 Å². The maximum Gasteiger partial charge on any atom is 0.221 e. The zero-order valence-electron chi connectivity index (χ0n) is 12.9. The average molecular weight is 303 g/mol. The molecule has 1 heterocycles. The number of thiazole rings is 1. The van der Waals surface area contributed by atoms with Gasteiger partial charge in [0, 0.05) is 29.1 Å². The Morgan fingerprint density at radius 1 is 1.29 bits per heavy atom. The van der Waals surface area contributed by atoms with Gasteiger partial charge in [0.05, 0.1) is 17.2 Å². The Hall–Kier alpha value is -1.88. The number of carbonyl (C=O) groups is 1. The average Bonchev–Trinajstić information content (AvgIpc) is 2.84. The van der Waals surface area contributed by atoms with Crippen molar-refractivity contribution >= 4 is 28.6 Å². The van der Waals surface area contributed by atoms with Gasteiger partial charge >= 0.3 is 0 Å². The highest BCUT2D eigenvalue weighted by Gasteiger charge is 2.17. The second-order valence-electron chi connectivity index (χ2n) is 6.01. The van der Waals surface area contributed by atoms with E-state index in [-0.39, 0.29) is 11.3 Å². The number of benzene rings is 1. The smallest absolute Gasteiger partial charge is 0.221 e. The van der Waals surface area contributed by atoms with Gasteiger partial charge in [0.1, 0.15) is 0 Å². The summed E-state index contributed by atoms with van der Waals surface area (Å²) in [7, 11) is 0. The Kier molecular flexibility index (Phi) is 4.63. The van der Waals surface area contributed by atoms with Gasteiger partial charge in [-0.2, -0.15) is 0 Å². The standard InChI is InChI=1S/C16H21N3OS/c1-11(20)18-13-7-5-6-12(8-13)17-9-14-10-21-15(19-14)16(2,3)4/h5-8,10,17H,9H2,1-4H3,(H,18,20). The molecule has 0 saturated heterocycles.